The van der Waals surface area contributed by atoms with Gasteiger partial charge in [-0.05, 0) is 32.4 Å². The average Bonchev–Trinajstić information content (AvgIpc) is 2.94. The summed E-state index contributed by atoms with van der Waals surface area (Å²) in [6.45, 7) is 6.71. The highest BCUT2D eigenvalue weighted by Crippen LogP contribution is 2.35. The summed E-state index contributed by atoms with van der Waals surface area (Å²) in [5.41, 5.74) is 2.25. The molecule has 3 aromatic rings. The maximum absolute atomic E-state index is 12.6. The van der Waals surface area contributed by atoms with Crippen molar-refractivity contribution in [2.24, 2.45) is 0 Å². The van der Waals surface area contributed by atoms with Crippen LogP contribution in [-0.4, -0.2) is 28.2 Å². The van der Waals surface area contributed by atoms with Crippen LogP contribution in [0.4, 0.5) is 0 Å². The summed E-state index contributed by atoms with van der Waals surface area (Å²) in [5.74, 6) is 1.94. The van der Waals surface area contributed by atoms with Crippen molar-refractivity contribution in [3.8, 4) is 5.75 Å². The van der Waals surface area contributed by atoms with E-state index >= 15 is 0 Å². The van der Waals surface area contributed by atoms with Crippen LogP contribution in [-0.2, 0) is 4.79 Å². The lowest BCUT2D eigenvalue weighted by Crippen LogP contribution is -2.33. The van der Waals surface area contributed by atoms with Crippen molar-refractivity contribution in [2.75, 3.05) is 12.4 Å². The van der Waals surface area contributed by atoms with Gasteiger partial charge in [-0.15, -0.1) is 11.3 Å². The Bertz CT molecular complexity index is 1020. The summed E-state index contributed by atoms with van der Waals surface area (Å²) >= 11 is 3.17. The van der Waals surface area contributed by atoms with Crippen LogP contribution in [0.1, 0.15) is 34.3 Å². The van der Waals surface area contributed by atoms with E-state index in [1.807, 2.05) is 31.2 Å². The van der Waals surface area contributed by atoms with E-state index in [2.05, 4.69) is 29.1 Å². The van der Waals surface area contributed by atoms with Gasteiger partial charge in [0.15, 0.2) is 0 Å². The van der Waals surface area contributed by atoms with Gasteiger partial charge in [-0.3, -0.25) is 4.79 Å². The number of thioether (sulfide) groups is 1. The van der Waals surface area contributed by atoms with Crippen LogP contribution in [0.25, 0.3) is 10.2 Å². The first kappa shape index (κ1) is 18.3. The summed E-state index contributed by atoms with van der Waals surface area (Å²) in [6.07, 6.45) is 0.785. The molecule has 1 aliphatic rings. The number of para-hydroxylation sites is 1. The summed E-state index contributed by atoms with van der Waals surface area (Å²) < 4.78 is 5.67. The molecule has 0 fully saturated rings. The van der Waals surface area contributed by atoms with Gasteiger partial charge in [0, 0.05) is 22.2 Å². The summed E-state index contributed by atoms with van der Waals surface area (Å²) in [7, 11) is 0. The third-order valence-corrected chi connectivity index (χ3v) is 6.82. The number of aryl methyl sites for hydroxylation is 3. The summed E-state index contributed by atoms with van der Waals surface area (Å²) in [5, 5.41) is 5.12. The first-order valence-electron chi connectivity index (χ1n) is 8.91. The molecule has 140 valence electrons. The molecule has 1 amide bonds. The molecule has 0 saturated heterocycles. The van der Waals surface area contributed by atoms with Crippen molar-refractivity contribution in [1.82, 2.24) is 15.3 Å². The first-order valence-corrected chi connectivity index (χ1v) is 10.7. The van der Waals surface area contributed by atoms with Crippen LogP contribution in [0.3, 0.4) is 0 Å². The van der Waals surface area contributed by atoms with Crippen LogP contribution in [0.15, 0.2) is 29.3 Å². The molecule has 27 heavy (non-hydrogen) atoms. The Hall–Kier alpha value is -2.12. The summed E-state index contributed by atoms with van der Waals surface area (Å²) in [4.78, 5) is 24.0. The van der Waals surface area contributed by atoms with E-state index < -0.39 is 0 Å². The van der Waals surface area contributed by atoms with E-state index in [0.717, 1.165) is 38.8 Å². The van der Waals surface area contributed by atoms with Gasteiger partial charge in [0.2, 0.25) is 5.91 Å². The fraction of sp³-hybridized carbons (Fsp3) is 0.350. The zero-order valence-electron chi connectivity index (χ0n) is 15.5. The third kappa shape index (κ3) is 3.66. The second kappa shape index (κ2) is 7.48. The molecule has 0 radical (unpaired) electrons. The van der Waals surface area contributed by atoms with E-state index in [4.69, 9.17) is 4.74 Å². The van der Waals surface area contributed by atoms with Gasteiger partial charge >= 0.3 is 0 Å². The minimum Gasteiger partial charge on any atom is -0.493 e. The number of carbonyl (C=O) groups excluding carboxylic acids is 1. The Labute approximate surface area is 166 Å². The average molecular weight is 400 g/mol. The Morgan fingerprint density at radius 3 is 2.96 bits per heavy atom. The highest BCUT2D eigenvalue weighted by Gasteiger charge is 2.23. The molecule has 1 atom stereocenters. The molecule has 5 nitrogen and oxygen atoms in total. The molecule has 1 aliphatic heterocycles. The zero-order valence-corrected chi connectivity index (χ0v) is 17.2. The number of aromatic nitrogens is 2. The fourth-order valence-electron chi connectivity index (χ4n) is 3.28. The Kier molecular flexibility index (Phi) is 5.06. The summed E-state index contributed by atoms with van der Waals surface area (Å²) in [6, 6.07) is 7.89. The number of fused-ring (bicyclic) bond motifs is 2. The van der Waals surface area contributed by atoms with Gasteiger partial charge in [-0.1, -0.05) is 30.0 Å². The van der Waals surface area contributed by atoms with Crippen molar-refractivity contribution in [3.63, 3.8) is 0 Å². The predicted octanol–water partition coefficient (Wildman–Crippen LogP) is 4.35. The molecule has 1 N–H and O–H groups in total. The molecule has 7 heteroatoms. The van der Waals surface area contributed by atoms with Gasteiger partial charge in [0.1, 0.15) is 21.4 Å². The van der Waals surface area contributed by atoms with Crippen molar-refractivity contribution >= 4 is 39.2 Å². The lowest BCUT2D eigenvalue weighted by Gasteiger charge is -2.26. The molecule has 3 heterocycles. The second-order valence-corrected chi connectivity index (χ2v) is 8.79. The quantitative estimate of drug-likeness (QED) is 0.522. The number of rotatable bonds is 4. The molecule has 2 aromatic heterocycles. The van der Waals surface area contributed by atoms with Crippen molar-refractivity contribution < 1.29 is 9.53 Å². The predicted molar refractivity (Wildman–Crippen MR) is 110 cm³/mol. The van der Waals surface area contributed by atoms with Crippen LogP contribution in [0.5, 0.6) is 5.75 Å². The van der Waals surface area contributed by atoms with E-state index in [1.54, 1.807) is 11.3 Å². The number of amides is 1. The van der Waals surface area contributed by atoms with Crippen LogP contribution < -0.4 is 10.1 Å². The second-order valence-electron chi connectivity index (χ2n) is 6.62. The van der Waals surface area contributed by atoms with Gasteiger partial charge in [0.05, 0.1) is 18.4 Å². The highest BCUT2D eigenvalue weighted by molar-refractivity contribution is 8.00. The molecule has 0 bridgehead atoms. The number of nitrogens with zero attached hydrogens (tertiary/aromatic N) is 2. The molecule has 1 aromatic carbocycles. The number of hydrogen-bond donors (Lipinski definition) is 1. The van der Waals surface area contributed by atoms with Crippen LogP contribution in [0, 0.1) is 20.8 Å². The van der Waals surface area contributed by atoms with Crippen molar-refractivity contribution in [1.29, 1.82) is 0 Å². The maximum atomic E-state index is 12.6. The monoisotopic (exact) mass is 399 g/mol. The van der Waals surface area contributed by atoms with Gasteiger partial charge in [0.25, 0.3) is 0 Å². The van der Waals surface area contributed by atoms with E-state index in [9.17, 15) is 4.79 Å². The standard InChI is InChI=1S/C20H21N3O2S2/c1-11-12(2)27-20-18(11)19(21-13(3)22-20)26-10-17(24)23-15-8-9-25-16-7-5-4-6-14(15)16/h4-7,15H,8-10H2,1-3H3,(H,23,24)/t15-/m1/s1. The number of ether oxygens (including phenoxy) is 1. The molecular weight excluding hydrogens is 378 g/mol. The van der Waals surface area contributed by atoms with E-state index in [0.29, 0.717) is 12.4 Å². The molecular formula is C20H21N3O2S2. The normalized spacial score (nSPS) is 16.0. The van der Waals surface area contributed by atoms with Gasteiger partial charge in [-0.2, -0.15) is 0 Å². The van der Waals surface area contributed by atoms with E-state index in [1.165, 1.54) is 22.2 Å². The van der Waals surface area contributed by atoms with Crippen LogP contribution >= 0.6 is 23.1 Å². The number of nitrogens with one attached hydrogen (secondary N) is 1. The number of benzene rings is 1. The molecule has 0 spiro atoms. The minimum absolute atomic E-state index is 0.000308. The van der Waals surface area contributed by atoms with Crippen molar-refractivity contribution in [3.05, 3.63) is 46.1 Å². The molecule has 4 rings (SSSR count). The SMILES string of the molecule is Cc1nc(SCC(=O)N[C@@H]2CCOc3ccccc32)c2c(C)c(C)sc2n1. The number of thiophene rings is 1. The topological polar surface area (TPSA) is 64.1 Å². The lowest BCUT2D eigenvalue weighted by atomic mass is 10.0. The Morgan fingerprint density at radius 2 is 2.11 bits per heavy atom. The van der Waals surface area contributed by atoms with E-state index in [-0.39, 0.29) is 11.9 Å². The van der Waals surface area contributed by atoms with Gasteiger partial charge < -0.3 is 10.1 Å². The molecule has 0 saturated carbocycles. The van der Waals surface area contributed by atoms with Crippen LogP contribution in [0.2, 0.25) is 0 Å². The minimum atomic E-state index is 0.000308. The Balaban J connectivity index is 1.49. The molecule has 0 unspecified atom stereocenters. The highest BCUT2D eigenvalue weighted by atomic mass is 32.2. The van der Waals surface area contributed by atoms with Gasteiger partial charge in [-0.25, -0.2) is 9.97 Å². The third-order valence-electron chi connectivity index (χ3n) is 4.74. The number of carbonyl (C=O) groups is 1. The lowest BCUT2D eigenvalue weighted by molar-refractivity contribution is -0.119. The van der Waals surface area contributed by atoms with Crippen molar-refractivity contribution in [2.45, 2.75) is 38.3 Å². The largest absolute Gasteiger partial charge is 0.493 e. The maximum Gasteiger partial charge on any atom is 0.230 e. The first-order chi connectivity index (χ1) is 13.0. The smallest absolute Gasteiger partial charge is 0.230 e. The molecule has 0 aliphatic carbocycles. The number of hydrogen-bond acceptors (Lipinski definition) is 6. The Morgan fingerprint density at radius 1 is 1.30 bits per heavy atom. The zero-order chi connectivity index (χ0) is 19.0. The fourth-order valence-corrected chi connectivity index (χ4v) is 5.36.